The molecule has 0 aromatic heterocycles. The fourth-order valence-corrected chi connectivity index (χ4v) is 15.1. The summed E-state index contributed by atoms with van der Waals surface area (Å²) >= 11 is 0. The van der Waals surface area contributed by atoms with Crippen molar-refractivity contribution in [3.8, 4) is 0 Å². The van der Waals surface area contributed by atoms with Gasteiger partial charge >= 0.3 is 39.5 Å². The zero-order chi connectivity index (χ0) is 77.9. The molecule has 630 valence electrons. The molecule has 3 N–H and O–H groups in total. The molecule has 0 aliphatic rings. The van der Waals surface area contributed by atoms with Gasteiger partial charge in [0, 0.05) is 25.7 Å². The smallest absolute Gasteiger partial charge is 0.462 e. The van der Waals surface area contributed by atoms with Crippen molar-refractivity contribution in [1.82, 2.24) is 0 Å². The molecule has 0 saturated heterocycles. The first-order chi connectivity index (χ1) is 51.2. The molecule has 0 radical (unpaired) electrons. The van der Waals surface area contributed by atoms with E-state index in [9.17, 15) is 43.2 Å². The molecule has 0 aliphatic heterocycles. The molecule has 0 spiro atoms. The summed E-state index contributed by atoms with van der Waals surface area (Å²) in [7, 11) is -9.93. The number of aliphatic hydroxyl groups excluding tert-OH is 1. The van der Waals surface area contributed by atoms with Crippen LogP contribution in [0.2, 0.25) is 0 Å². The second-order valence-corrected chi connectivity index (χ2v) is 35.6. The predicted octanol–water partition coefficient (Wildman–Crippen LogP) is 26.5. The number of aliphatic hydroxyl groups is 1. The topological polar surface area (TPSA) is 237 Å². The number of esters is 4. The predicted molar refractivity (Wildman–Crippen MR) is 437 cm³/mol. The van der Waals surface area contributed by atoms with Gasteiger partial charge in [-0.2, -0.15) is 0 Å². The number of carbonyl (C=O) groups excluding carboxylic acids is 4. The summed E-state index contributed by atoms with van der Waals surface area (Å²) in [5.41, 5.74) is 0. The molecule has 0 aliphatic carbocycles. The van der Waals surface area contributed by atoms with Gasteiger partial charge < -0.3 is 33.8 Å². The summed E-state index contributed by atoms with van der Waals surface area (Å²) in [5, 5.41) is 10.7. The maximum atomic E-state index is 13.2. The van der Waals surface area contributed by atoms with Crippen molar-refractivity contribution in [2.24, 2.45) is 17.8 Å². The summed E-state index contributed by atoms with van der Waals surface area (Å²) < 4.78 is 68.9. The maximum Gasteiger partial charge on any atom is 0.472 e. The highest BCUT2D eigenvalue weighted by atomic mass is 31.2. The van der Waals surface area contributed by atoms with Crippen LogP contribution in [0.5, 0.6) is 0 Å². The molecule has 106 heavy (non-hydrogen) atoms. The highest BCUT2D eigenvalue weighted by Gasteiger charge is 2.30. The van der Waals surface area contributed by atoms with Gasteiger partial charge in [0.1, 0.15) is 19.3 Å². The van der Waals surface area contributed by atoms with Crippen LogP contribution < -0.4 is 0 Å². The summed E-state index contributed by atoms with van der Waals surface area (Å²) in [6.45, 7) is 11.9. The van der Waals surface area contributed by atoms with Gasteiger partial charge in [-0.15, -0.1) is 0 Å². The van der Waals surface area contributed by atoms with E-state index in [4.69, 9.17) is 37.0 Å². The Morgan fingerprint density at radius 1 is 0.255 bits per heavy atom. The van der Waals surface area contributed by atoms with Crippen molar-refractivity contribution >= 4 is 39.5 Å². The molecule has 0 bridgehead atoms. The average molecular weight is 1550 g/mol. The monoisotopic (exact) mass is 1550 g/mol. The Balaban J connectivity index is 5.20. The number of hydrogen-bond acceptors (Lipinski definition) is 15. The maximum absolute atomic E-state index is 13.2. The van der Waals surface area contributed by atoms with Crippen molar-refractivity contribution in [3.63, 3.8) is 0 Å². The molecule has 5 atom stereocenters. The Kier molecular flexibility index (Phi) is 75.6. The normalized spacial score (nSPS) is 13.9. The third-order valence-electron chi connectivity index (χ3n) is 20.4. The highest BCUT2D eigenvalue weighted by molar-refractivity contribution is 7.47. The Morgan fingerprint density at radius 2 is 0.434 bits per heavy atom. The Morgan fingerprint density at radius 3 is 0.642 bits per heavy atom. The molecule has 0 aromatic rings. The number of unbranched alkanes of at least 4 members (excludes halogenated alkanes) is 53. The largest absolute Gasteiger partial charge is 0.472 e. The summed E-state index contributed by atoms with van der Waals surface area (Å²) in [5.74, 6) is 0.169. The molecular formula is C87H170O17P2. The Bertz CT molecular complexity index is 2040. The number of phosphoric acid groups is 2. The van der Waals surface area contributed by atoms with E-state index in [0.717, 1.165) is 108 Å². The number of carbonyl (C=O) groups is 4. The molecule has 0 heterocycles. The first-order valence-corrected chi connectivity index (χ1v) is 47.8. The van der Waals surface area contributed by atoms with Crippen LogP contribution in [0.3, 0.4) is 0 Å². The molecule has 0 fully saturated rings. The van der Waals surface area contributed by atoms with Gasteiger partial charge in [0.25, 0.3) is 0 Å². The Labute approximate surface area is 651 Å². The van der Waals surface area contributed by atoms with E-state index < -0.39 is 97.5 Å². The molecule has 17 nitrogen and oxygen atoms in total. The van der Waals surface area contributed by atoms with Crippen LogP contribution in [0.25, 0.3) is 0 Å². The van der Waals surface area contributed by atoms with E-state index in [-0.39, 0.29) is 25.7 Å². The van der Waals surface area contributed by atoms with Crippen LogP contribution >= 0.6 is 15.6 Å². The number of ether oxygens (including phenoxy) is 4. The zero-order valence-corrected chi connectivity index (χ0v) is 71.7. The number of hydrogen-bond donors (Lipinski definition) is 3. The Hall–Kier alpha value is -1.94. The third-order valence-corrected chi connectivity index (χ3v) is 22.3. The van der Waals surface area contributed by atoms with Gasteiger partial charge in [-0.25, -0.2) is 9.13 Å². The first-order valence-electron chi connectivity index (χ1n) is 44.8. The van der Waals surface area contributed by atoms with E-state index >= 15 is 0 Å². The summed E-state index contributed by atoms with van der Waals surface area (Å²) in [6.07, 6.45) is 68.4. The summed E-state index contributed by atoms with van der Waals surface area (Å²) in [6, 6.07) is 0. The van der Waals surface area contributed by atoms with Crippen LogP contribution in [0.1, 0.15) is 459 Å². The minimum absolute atomic E-state index is 0.106. The number of phosphoric ester groups is 2. The average Bonchev–Trinajstić information content (AvgIpc) is 0.895. The van der Waals surface area contributed by atoms with Crippen LogP contribution in [-0.2, 0) is 65.4 Å². The van der Waals surface area contributed by atoms with E-state index in [1.54, 1.807) is 0 Å². The molecule has 0 aromatic carbocycles. The van der Waals surface area contributed by atoms with Crippen molar-refractivity contribution in [2.45, 2.75) is 478 Å². The fraction of sp³-hybridized carbons (Fsp3) is 0.954. The van der Waals surface area contributed by atoms with Crippen LogP contribution in [0.15, 0.2) is 0 Å². The molecule has 2 unspecified atom stereocenters. The van der Waals surface area contributed by atoms with E-state index in [2.05, 4.69) is 48.5 Å². The fourth-order valence-electron chi connectivity index (χ4n) is 13.5. The van der Waals surface area contributed by atoms with E-state index in [1.807, 2.05) is 0 Å². The summed E-state index contributed by atoms with van der Waals surface area (Å²) in [4.78, 5) is 73.2. The van der Waals surface area contributed by atoms with Gasteiger partial charge in [-0.05, 0) is 43.4 Å². The van der Waals surface area contributed by atoms with Crippen molar-refractivity contribution < 1.29 is 80.2 Å². The molecule has 19 heteroatoms. The van der Waals surface area contributed by atoms with Crippen LogP contribution in [0, 0.1) is 17.8 Å². The van der Waals surface area contributed by atoms with Gasteiger partial charge in [0.2, 0.25) is 0 Å². The second kappa shape index (κ2) is 77.0. The van der Waals surface area contributed by atoms with Gasteiger partial charge in [0.05, 0.1) is 26.4 Å². The SMILES string of the molecule is CCCCCCCCCCCCCCCCCCCCCCCC(=O)OC[C@H](COP(=O)(O)OC[C@@H](O)COP(=O)(O)OC[C@@H](COC(=O)CCCCCCCCC(C)C)OC(=O)CCCCCCCCCCCCCCC(C)C)OC(=O)CCCCCCCCCCCCCCCCCCCCC(C)C. The molecule has 0 saturated carbocycles. The second-order valence-electron chi connectivity index (χ2n) is 32.7. The van der Waals surface area contributed by atoms with Crippen molar-refractivity contribution in [3.05, 3.63) is 0 Å². The minimum atomic E-state index is -4.97. The van der Waals surface area contributed by atoms with Crippen LogP contribution in [0.4, 0.5) is 0 Å². The lowest BCUT2D eigenvalue weighted by atomic mass is 10.0. The standard InChI is InChI=1S/C87H170O17P2/c1-8-9-10-11-12-13-14-15-16-17-18-19-20-24-27-30-36-41-46-54-61-68-84(89)97-74-82(103-86(91)70-63-56-47-42-37-31-28-25-22-21-23-26-29-34-39-44-51-58-65-78(2)3)76-101-105(93,94)99-72-81(88)73-100-106(95,96)102-77-83(75-98-85(90)69-62-55-50-49-53-60-67-80(6)7)104-87(92)71-64-57-48-43-38-33-32-35-40-45-52-59-66-79(4)5/h78-83,88H,8-77H2,1-7H3,(H,93,94)(H,95,96)/t81-,82-,83-/m1/s1. The number of rotatable bonds is 85. The zero-order valence-electron chi connectivity index (χ0n) is 69.9. The lowest BCUT2D eigenvalue weighted by Crippen LogP contribution is -2.30. The van der Waals surface area contributed by atoms with Gasteiger partial charge in [0.15, 0.2) is 12.2 Å². The van der Waals surface area contributed by atoms with E-state index in [0.29, 0.717) is 31.6 Å². The van der Waals surface area contributed by atoms with Crippen molar-refractivity contribution in [1.29, 1.82) is 0 Å². The van der Waals surface area contributed by atoms with Gasteiger partial charge in [-0.3, -0.25) is 37.3 Å². The van der Waals surface area contributed by atoms with Crippen LogP contribution in [-0.4, -0.2) is 96.7 Å². The lowest BCUT2D eigenvalue weighted by Gasteiger charge is -2.21. The van der Waals surface area contributed by atoms with Crippen molar-refractivity contribution in [2.75, 3.05) is 39.6 Å². The highest BCUT2D eigenvalue weighted by Crippen LogP contribution is 2.45. The quantitative estimate of drug-likeness (QED) is 0.0222. The molecule has 0 amide bonds. The lowest BCUT2D eigenvalue weighted by molar-refractivity contribution is -0.161. The molecule has 0 rings (SSSR count). The minimum Gasteiger partial charge on any atom is -0.462 e. The first kappa shape index (κ1) is 104. The third kappa shape index (κ3) is 80.1. The van der Waals surface area contributed by atoms with Gasteiger partial charge in [-0.1, -0.05) is 408 Å². The molecular weight excluding hydrogens is 1380 g/mol. The van der Waals surface area contributed by atoms with E-state index in [1.165, 1.54) is 263 Å².